The van der Waals surface area contributed by atoms with Crippen LogP contribution in [0.25, 0.3) is 0 Å². The molecule has 96 valence electrons. The van der Waals surface area contributed by atoms with E-state index in [1.165, 1.54) is 18.0 Å². The third-order valence-corrected chi connectivity index (χ3v) is 2.22. The number of halogens is 4. The minimum absolute atomic E-state index is 0.0243. The summed E-state index contributed by atoms with van der Waals surface area (Å²) in [6.07, 6.45) is -4.22. The van der Waals surface area contributed by atoms with Gasteiger partial charge in [0, 0.05) is 25.7 Å². The SMILES string of the molecule is CN(CCC(F)(F)F)c1ncc(F)cc1CN. The Labute approximate surface area is 96.2 Å². The van der Waals surface area contributed by atoms with Crippen LogP contribution in [-0.4, -0.2) is 24.8 Å². The molecule has 0 unspecified atom stereocenters. The third kappa shape index (κ3) is 4.18. The van der Waals surface area contributed by atoms with Gasteiger partial charge in [-0.2, -0.15) is 13.2 Å². The summed E-state index contributed by atoms with van der Waals surface area (Å²) >= 11 is 0. The van der Waals surface area contributed by atoms with E-state index in [9.17, 15) is 17.6 Å². The number of anilines is 1. The highest BCUT2D eigenvalue weighted by molar-refractivity contribution is 5.46. The molecule has 0 aromatic carbocycles. The molecule has 0 amide bonds. The van der Waals surface area contributed by atoms with Crippen molar-refractivity contribution in [2.24, 2.45) is 5.73 Å². The lowest BCUT2D eigenvalue weighted by molar-refractivity contribution is -0.132. The molecule has 0 aliphatic rings. The first-order valence-electron chi connectivity index (χ1n) is 4.96. The van der Waals surface area contributed by atoms with E-state index in [-0.39, 0.29) is 18.9 Å². The highest BCUT2D eigenvalue weighted by atomic mass is 19.4. The summed E-state index contributed by atoms with van der Waals surface area (Å²) in [5.41, 5.74) is 5.77. The van der Waals surface area contributed by atoms with Crippen LogP contribution in [0.2, 0.25) is 0 Å². The number of hydrogen-bond donors (Lipinski definition) is 1. The van der Waals surface area contributed by atoms with Gasteiger partial charge in [-0.1, -0.05) is 0 Å². The number of pyridine rings is 1. The van der Waals surface area contributed by atoms with Crippen molar-refractivity contribution < 1.29 is 17.6 Å². The van der Waals surface area contributed by atoms with Crippen LogP contribution in [0.5, 0.6) is 0 Å². The van der Waals surface area contributed by atoms with E-state index < -0.39 is 18.4 Å². The molecule has 1 rings (SSSR count). The van der Waals surface area contributed by atoms with Crippen LogP contribution in [0, 0.1) is 5.82 Å². The van der Waals surface area contributed by atoms with E-state index in [1.807, 2.05) is 0 Å². The van der Waals surface area contributed by atoms with Crippen molar-refractivity contribution in [3.8, 4) is 0 Å². The van der Waals surface area contributed by atoms with Crippen LogP contribution in [0.15, 0.2) is 12.3 Å². The maximum absolute atomic E-state index is 12.9. The third-order valence-electron chi connectivity index (χ3n) is 2.22. The number of alkyl halides is 3. The Morgan fingerprint density at radius 2 is 2.06 bits per heavy atom. The molecule has 0 atom stereocenters. The lowest BCUT2D eigenvalue weighted by Gasteiger charge is -2.21. The van der Waals surface area contributed by atoms with Crippen LogP contribution in [0.4, 0.5) is 23.4 Å². The average Bonchev–Trinajstić information content (AvgIpc) is 2.24. The first-order chi connectivity index (χ1) is 7.83. The average molecular weight is 251 g/mol. The molecule has 0 aliphatic carbocycles. The topological polar surface area (TPSA) is 42.2 Å². The maximum Gasteiger partial charge on any atom is 0.390 e. The predicted octanol–water partition coefficient (Wildman–Crippen LogP) is 2.07. The Hall–Kier alpha value is -1.37. The van der Waals surface area contributed by atoms with Gasteiger partial charge in [-0.15, -0.1) is 0 Å². The van der Waals surface area contributed by atoms with Crippen LogP contribution in [-0.2, 0) is 6.54 Å². The van der Waals surface area contributed by atoms with Crippen molar-refractivity contribution in [3.05, 3.63) is 23.6 Å². The molecule has 0 saturated carbocycles. The number of aromatic nitrogens is 1. The molecular formula is C10H13F4N3. The fourth-order valence-electron chi connectivity index (χ4n) is 1.37. The smallest absolute Gasteiger partial charge is 0.359 e. The van der Waals surface area contributed by atoms with Gasteiger partial charge in [-0.25, -0.2) is 9.37 Å². The molecule has 1 heterocycles. The minimum atomic E-state index is -4.23. The lowest BCUT2D eigenvalue weighted by atomic mass is 10.2. The summed E-state index contributed by atoms with van der Waals surface area (Å²) in [7, 11) is 1.46. The number of rotatable bonds is 4. The van der Waals surface area contributed by atoms with Crippen LogP contribution >= 0.6 is 0 Å². The van der Waals surface area contributed by atoms with Crippen LogP contribution in [0.1, 0.15) is 12.0 Å². The van der Waals surface area contributed by atoms with E-state index in [2.05, 4.69) is 4.98 Å². The summed E-state index contributed by atoms with van der Waals surface area (Å²) in [6.45, 7) is -0.217. The normalized spacial score (nSPS) is 11.6. The quantitative estimate of drug-likeness (QED) is 0.833. The molecule has 0 saturated heterocycles. The number of nitrogens with zero attached hydrogens (tertiary/aromatic N) is 2. The maximum atomic E-state index is 12.9. The van der Waals surface area contributed by atoms with Gasteiger partial charge in [0.15, 0.2) is 0 Å². The Morgan fingerprint density at radius 3 is 2.59 bits per heavy atom. The van der Waals surface area contributed by atoms with Crippen molar-refractivity contribution >= 4 is 5.82 Å². The number of nitrogens with two attached hydrogens (primary N) is 1. The van der Waals surface area contributed by atoms with Gasteiger partial charge < -0.3 is 10.6 Å². The van der Waals surface area contributed by atoms with E-state index in [0.29, 0.717) is 5.56 Å². The van der Waals surface area contributed by atoms with Crippen LogP contribution in [0.3, 0.4) is 0 Å². The van der Waals surface area contributed by atoms with Crippen molar-refractivity contribution in [1.82, 2.24) is 4.98 Å². The largest absolute Gasteiger partial charge is 0.390 e. The highest BCUT2D eigenvalue weighted by Crippen LogP contribution is 2.22. The fourth-order valence-corrected chi connectivity index (χ4v) is 1.37. The Kier molecular flexibility index (Phi) is 4.28. The number of hydrogen-bond acceptors (Lipinski definition) is 3. The van der Waals surface area contributed by atoms with Gasteiger partial charge in [0.2, 0.25) is 0 Å². The Bertz CT molecular complexity index is 378. The molecule has 0 spiro atoms. The Morgan fingerprint density at radius 1 is 1.41 bits per heavy atom. The molecule has 2 N–H and O–H groups in total. The first-order valence-corrected chi connectivity index (χ1v) is 4.96. The van der Waals surface area contributed by atoms with E-state index in [1.54, 1.807) is 0 Å². The zero-order chi connectivity index (χ0) is 13.1. The predicted molar refractivity (Wildman–Crippen MR) is 56.0 cm³/mol. The van der Waals surface area contributed by atoms with Crippen molar-refractivity contribution in [1.29, 1.82) is 0 Å². The summed E-state index contributed by atoms with van der Waals surface area (Å²) < 4.78 is 49.0. The summed E-state index contributed by atoms with van der Waals surface area (Å²) in [4.78, 5) is 5.07. The zero-order valence-electron chi connectivity index (χ0n) is 9.26. The standard InChI is InChI=1S/C10H13F4N3/c1-17(3-2-10(12,13)14)9-7(5-15)4-8(11)6-16-9/h4,6H,2-3,5,15H2,1H3. The molecule has 3 nitrogen and oxygen atoms in total. The van der Waals surface area contributed by atoms with Crippen molar-refractivity contribution in [2.75, 3.05) is 18.5 Å². The van der Waals surface area contributed by atoms with Crippen molar-refractivity contribution in [2.45, 2.75) is 19.1 Å². The molecule has 17 heavy (non-hydrogen) atoms. The van der Waals surface area contributed by atoms with Gasteiger partial charge in [0.05, 0.1) is 12.6 Å². The second-order valence-electron chi connectivity index (χ2n) is 3.63. The van der Waals surface area contributed by atoms with Gasteiger partial charge in [-0.05, 0) is 6.07 Å². The molecular weight excluding hydrogens is 238 g/mol. The van der Waals surface area contributed by atoms with Gasteiger partial charge in [0.25, 0.3) is 0 Å². The van der Waals surface area contributed by atoms with E-state index in [0.717, 1.165) is 6.20 Å². The molecule has 0 radical (unpaired) electrons. The van der Waals surface area contributed by atoms with E-state index >= 15 is 0 Å². The monoisotopic (exact) mass is 251 g/mol. The fraction of sp³-hybridized carbons (Fsp3) is 0.500. The molecule has 0 bridgehead atoms. The van der Waals surface area contributed by atoms with Crippen molar-refractivity contribution in [3.63, 3.8) is 0 Å². The molecule has 0 fully saturated rings. The summed E-state index contributed by atoms with van der Waals surface area (Å²) in [5.74, 6) is -0.281. The molecule has 7 heteroatoms. The van der Waals surface area contributed by atoms with Gasteiger partial charge in [0.1, 0.15) is 11.6 Å². The van der Waals surface area contributed by atoms with Crippen LogP contribution < -0.4 is 10.6 Å². The second-order valence-corrected chi connectivity index (χ2v) is 3.63. The van der Waals surface area contributed by atoms with Gasteiger partial charge in [-0.3, -0.25) is 0 Å². The molecule has 0 aliphatic heterocycles. The highest BCUT2D eigenvalue weighted by Gasteiger charge is 2.27. The first kappa shape index (κ1) is 13.7. The summed E-state index contributed by atoms with van der Waals surface area (Å²) in [5, 5.41) is 0. The summed E-state index contributed by atoms with van der Waals surface area (Å²) in [6, 6.07) is 1.17. The van der Waals surface area contributed by atoms with Gasteiger partial charge >= 0.3 is 6.18 Å². The zero-order valence-corrected chi connectivity index (χ0v) is 9.26. The molecule has 1 aromatic heterocycles. The van der Waals surface area contributed by atoms with E-state index in [4.69, 9.17) is 5.73 Å². The second kappa shape index (κ2) is 5.31. The molecule has 1 aromatic rings. The lowest BCUT2D eigenvalue weighted by Crippen LogP contribution is -2.26. The Balaban J connectivity index is 2.78. The minimum Gasteiger partial charge on any atom is -0.359 e.